The first-order valence-electron chi connectivity index (χ1n) is 10.0. The van der Waals surface area contributed by atoms with E-state index in [2.05, 4.69) is 20.9 Å². The summed E-state index contributed by atoms with van der Waals surface area (Å²) in [7, 11) is 1.81. The van der Waals surface area contributed by atoms with Gasteiger partial charge in [-0.2, -0.15) is 0 Å². The van der Waals surface area contributed by atoms with E-state index in [9.17, 15) is 4.79 Å². The molecule has 0 aromatic heterocycles. The summed E-state index contributed by atoms with van der Waals surface area (Å²) in [6.07, 6.45) is 14.0. The molecule has 2 fully saturated rings. The lowest BCUT2D eigenvalue weighted by molar-refractivity contribution is -0.127. The molecule has 2 rings (SSSR count). The molecule has 0 aromatic rings. The highest BCUT2D eigenvalue weighted by atomic mass is 16.1. The predicted molar refractivity (Wildman–Crippen MR) is 100 cm³/mol. The average Bonchev–Trinajstić information content (AvgIpc) is 3.04. The van der Waals surface area contributed by atoms with Gasteiger partial charge in [0.25, 0.3) is 0 Å². The van der Waals surface area contributed by atoms with Crippen LogP contribution in [0.15, 0.2) is 4.99 Å². The van der Waals surface area contributed by atoms with Crippen LogP contribution in [0.5, 0.6) is 0 Å². The maximum atomic E-state index is 11.7. The number of nitrogens with one attached hydrogen (secondary N) is 3. The van der Waals surface area contributed by atoms with E-state index >= 15 is 0 Å². The predicted octanol–water partition coefficient (Wildman–Crippen LogP) is 2.82. The number of guanidine groups is 1. The van der Waals surface area contributed by atoms with Crippen molar-refractivity contribution in [1.29, 1.82) is 0 Å². The van der Waals surface area contributed by atoms with Crippen molar-refractivity contribution in [2.24, 2.45) is 16.8 Å². The monoisotopic (exact) mass is 336 g/mol. The minimum Gasteiger partial charge on any atom is -0.356 e. The van der Waals surface area contributed by atoms with Crippen LogP contribution in [-0.4, -0.2) is 38.5 Å². The summed E-state index contributed by atoms with van der Waals surface area (Å²) in [6.45, 7) is 2.58. The zero-order valence-corrected chi connectivity index (χ0v) is 15.4. The summed E-state index contributed by atoms with van der Waals surface area (Å²) in [5.74, 6) is 2.40. The van der Waals surface area contributed by atoms with Crippen LogP contribution in [0.2, 0.25) is 0 Å². The zero-order valence-electron chi connectivity index (χ0n) is 15.4. The maximum Gasteiger partial charge on any atom is 0.223 e. The number of hydrogen-bond donors (Lipinski definition) is 3. The summed E-state index contributed by atoms with van der Waals surface area (Å²) in [5, 5.41) is 9.73. The molecule has 0 bridgehead atoms. The van der Waals surface area contributed by atoms with E-state index in [1.54, 1.807) is 0 Å². The molecule has 0 saturated heterocycles. The van der Waals surface area contributed by atoms with Crippen LogP contribution in [0.25, 0.3) is 0 Å². The molecule has 0 atom stereocenters. The second-order valence-electron chi connectivity index (χ2n) is 7.34. The smallest absolute Gasteiger partial charge is 0.223 e. The first-order chi connectivity index (χ1) is 11.8. The Bertz CT molecular complexity index is 387. The number of carbonyl (C=O) groups is 1. The number of amides is 1. The van der Waals surface area contributed by atoms with Gasteiger partial charge in [-0.15, -0.1) is 0 Å². The molecule has 1 amide bonds. The maximum absolute atomic E-state index is 11.7. The molecule has 2 aliphatic rings. The lowest BCUT2D eigenvalue weighted by Crippen LogP contribution is -2.40. The number of nitrogens with zero attached hydrogens (tertiary/aromatic N) is 1. The summed E-state index contributed by atoms with van der Waals surface area (Å²) >= 11 is 0. The molecule has 0 aromatic carbocycles. The normalized spacial score (nSPS) is 19.1. The number of rotatable bonds is 10. The Labute approximate surface area is 147 Å². The van der Waals surface area contributed by atoms with Gasteiger partial charge in [0.1, 0.15) is 0 Å². The lowest BCUT2D eigenvalue weighted by Gasteiger charge is -2.24. The van der Waals surface area contributed by atoms with Crippen molar-refractivity contribution < 1.29 is 4.79 Å². The van der Waals surface area contributed by atoms with Gasteiger partial charge >= 0.3 is 0 Å². The van der Waals surface area contributed by atoms with E-state index in [-0.39, 0.29) is 11.8 Å². The minimum absolute atomic E-state index is 0.242. The summed E-state index contributed by atoms with van der Waals surface area (Å²) < 4.78 is 0. The Hall–Kier alpha value is -1.26. The molecule has 3 N–H and O–H groups in total. The fourth-order valence-electron chi connectivity index (χ4n) is 3.61. The van der Waals surface area contributed by atoms with Gasteiger partial charge < -0.3 is 16.0 Å². The van der Waals surface area contributed by atoms with E-state index in [0.29, 0.717) is 0 Å². The van der Waals surface area contributed by atoms with Crippen LogP contribution >= 0.6 is 0 Å². The molecule has 0 heterocycles. The van der Waals surface area contributed by atoms with Crippen LogP contribution < -0.4 is 16.0 Å². The molecule has 0 unspecified atom stereocenters. The Morgan fingerprint density at radius 2 is 1.54 bits per heavy atom. The van der Waals surface area contributed by atoms with Crippen LogP contribution in [0, 0.1) is 11.8 Å². The molecule has 0 radical (unpaired) electrons. The lowest BCUT2D eigenvalue weighted by atomic mass is 9.85. The van der Waals surface area contributed by atoms with Gasteiger partial charge in [0.15, 0.2) is 5.96 Å². The molecular formula is C19H36N4O. The Balaban J connectivity index is 1.41. The van der Waals surface area contributed by atoms with Crippen molar-refractivity contribution in [3.05, 3.63) is 0 Å². The molecule has 138 valence electrons. The molecule has 5 heteroatoms. The van der Waals surface area contributed by atoms with Gasteiger partial charge in [0.05, 0.1) is 0 Å². The third-order valence-electron chi connectivity index (χ3n) is 5.45. The van der Waals surface area contributed by atoms with Crippen LogP contribution in [-0.2, 0) is 4.79 Å². The van der Waals surface area contributed by atoms with Crippen molar-refractivity contribution in [3.63, 3.8) is 0 Å². The van der Waals surface area contributed by atoms with Crippen LogP contribution in [0.1, 0.15) is 70.6 Å². The Kier molecular flexibility index (Phi) is 9.00. The van der Waals surface area contributed by atoms with Crippen molar-refractivity contribution in [3.8, 4) is 0 Å². The highest BCUT2D eigenvalue weighted by molar-refractivity contribution is 5.80. The van der Waals surface area contributed by atoms with Gasteiger partial charge in [-0.1, -0.05) is 44.9 Å². The van der Waals surface area contributed by atoms with Gasteiger partial charge in [0.2, 0.25) is 5.91 Å². The largest absolute Gasteiger partial charge is 0.356 e. The number of unbranched alkanes of at least 4 members (excludes halogenated alkanes) is 1. The van der Waals surface area contributed by atoms with E-state index in [0.717, 1.165) is 50.8 Å². The summed E-state index contributed by atoms with van der Waals surface area (Å²) in [4.78, 5) is 16.0. The minimum atomic E-state index is 0.242. The van der Waals surface area contributed by atoms with Gasteiger partial charge in [-0.3, -0.25) is 9.79 Å². The van der Waals surface area contributed by atoms with Crippen LogP contribution in [0.4, 0.5) is 0 Å². The average molecular weight is 337 g/mol. The molecule has 5 nitrogen and oxygen atoms in total. The molecule has 2 saturated carbocycles. The van der Waals surface area contributed by atoms with Crippen molar-refractivity contribution >= 4 is 11.9 Å². The van der Waals surface area contributed by atoms with Crippen molar-refractivity contribution in [1.82, 2.24) is 16.0 Å². The van der Waals surface area contributed by atoms with Crippen molar-refractivity contribution in [2.75, 3.05) is 26.7 Å². The number of hydrogen-bond acceptors (Lipinski definition) is 2. The number of aliphatic imine (C=N–C) groups is 1. The fraction of sp³-hybridized carbons (Fsp3) is 0.895. The van der Waals surface area contributed by atoms with Gasteiger partial charge in [0, 0.05) is 32.6 Å². The van der Waals surface area contributed by atoms with E-state index < -0.39 is 0 Å². The van der Waals surface area contributed by atoms with Crippen molar-refractivity contribution in [2.45, 2.75) is 70.6 Å². The molecule has 0 aliphatic heterocycles. The second-order valence-corrected chi connectivity index (χ2v) is 7.34. The van der Waals surface area contributed by atoms with E-state index in [4.69, 9.17) is 0 Å². The highest BCUT2D eigenvalue weighted by Crippen LogP contribution is 2.28. The van der Waals surface area contributed by atoms with Gasteiger partial charge in [-0.25, -0.2) is 0 Å². The SMILES string of the molecule is CN=C(NCCCCC1CCCC1)NCCCNC(=O)C1CCC1. The molecule has 24 heavy (non-hydrogen) atoms. The van der Waals surface area contributed by atoms with Crippen LogP contribution in [0.3, 0.4) is 0 Å². The topological polar surface area (TPSA) is 65.5 Å². The molecule has 0 spiro atoms. The third kappa shape index (κ3) is 7.10. The molecular weight excluding hydrogens is 300 g/mol. The Morgan fingerprint density at radius 1 is 0.875 bits per heavy atom. The first kappa shape index (κ1) is 19.1. The standard InChI is InChI=1S/C19H36N4O/c1-20-19(22-13-5-4-10-16-8-2-3-9-16)23-15-7-14-21-18(24)17-11-6-12-17/h16-17H,2-15H2,1H3,(H,21,24)(H2,20,22,23). The Morgan fingerprint density at radius 3 is 2.17 bits per heavy atom. The zero-order chi connectivity index (χ0) is 17.0. The van der Waals surface area contributed by atoms with E-state index in [1.165, 1.54) is 51.4 Å². The van der Waals surface area contributed by atoms with Gasteiger partial charge in [-0.05, 0) is 31.6 Å². The number of carbonyl (C=O) groups excluding carboxylic acids is 1. The third-order valence-corrected chi connectivity index (χ3v) is 5.45. The summed E-state index contributed by atoms with van der Waals surface area (Å²) in [5.41, 5.74) is 0. The first-order valence-corrected chi connectivity index (χ1v) is 10.0. The fourth-order valence-corrected chi connectivity index (χ4v) is 3.61. The second kappa shape index (κ2) is 11.3. The highest BCUT2D eigenvalue weighted by Gasteiger charge is 2.24. The summed E-state index contributed by atoms with van der Waals surface area (Å²) in [6, 6.07) is 0. The van der Waals surface area contributed by atoms with E-state index in [1.807, 2.05) is 7.05 Å². The quantitative estimate of drug-likeness (QED) is 0.326. The molecule has 2 aliphatic carbocycles.